The maximum absolute atomic E-state index is 12.9. The highest BCUT2D eigenvalue weighted by Gasteiger charge is 2.31. The molecule has 2 aromatic rings. The molecule has 2 aromatic carbocycles. The predicted octanol–water partition coefficient (Wildman–Crippen LogP) is 5.82. The number of benzene rings is 2. The van der Waals surface area contributed by atoms with Crippen LogP contribution >= 0.6 is 24.0 Å². The Kier molecular flexibility index (Phi) is 9.53. The molecular weight excluding hydrogens is 470 g/mol. The average Bonchev–Trinajstić information content (AvgIpc) is 3.05. The number of aliphatic carboxylic acids is 1. The second kappa shape index (κ2) is 12.6. The van der Waals surface area contributed by atoms with Gasteiger partial charge in [0.15, 0.2) is 11.5 Å². The molecule has 0 radical (unpaired) electrons. The van der Waals surface area contributed by atoms with Gasteiger partial charge >= 0.3 is 5.97 Å². The summed E-state index contributed by atoms with van der Waals surface area (Å²) in [5.41, 5.74) is 3.09. The van der Waals surface area contributed by atoms with E-state index in [1.807, 2.05) is 56.3 Å². The van der Waals surface area contributed by atoms with Crippen molar-refractivity contribution in [2.24, 2.45) is 0 Å². The van der Waals surface area contributed by atoms with Crippen molar-refractivity contribution < 1.29 is 24.2 Å². The van der Waals surface area contributed by atoms with Crippen LogP contribution in [-0.4, -0.2) is 39.4 Å². The molecule has 1 saturated heterocycles. The fourth-order valence-electron chi connectivity index (χ4n) is 3.53. The van der Waals surface area contributed by atoms with E-state index in [0.717, 1.165) is 17.5 Å². The molecule has 1 heterocycles. The van der Waals surface area contributed by atoms with Gasteiger partial charge in [-0.1, -0.05) is 66.3 Å². The van der Waals surface area contributed by atoms with Crippen LogP contribution in [0.4, 0.5) is 0 Å². The summed E-state index contributed by atoms with van der Waals surface area (Å²) in [6, 6.07) is 13.8. The number of nitrogens with zero attached hydrogens (tertiary/aromatic N) is 1. The van der Waals surface area contributed by atoms with Gasteiger partial charge in [-0.05, 0) is 56.0 Å². The van der Waals surface area contributed by atoms with Crippen LogP contribution in [0.1, 0.15) is 49.3 Å². The van der Waals surface area contributed by atoms with Crippen molar-refractivity contribution in [2.75, 3.05) is 13.2 Å². The minimum absolute atomic E-state index is 0.119. The molecule has 8 heteroatoms. The van der Waals surface area contributed by atoms with Gasteiger partial charge in [0.05, 0.1) is 11.5 Å². The van der Waals surface area contributed by atoms with E-state index in [9.17, 15) is 9.59 Å². The minimum atomic E-state index is -0.799. The minimum Gasteiger partial charge on any atom is -0.490 e. The third-order valence-electron chi connectivity index (χ3n) is 5.19. The lowest BCUT2D eigenvalue weighted by atomic mass is 10.1. The second-order valence-electron chi connectivity index (χ2n) is 7.95. The third kappa shape index (κ3) is 7.33. The molecule has 1 aliphatic heterocycles. The number of thiocarbonyl (C=S) groups is 1. The summed E-state index contributed by atoms with van der Waals surface area (Å²) in [5.74, 6) is 0.352. The molecular formula is C26H29NO5S2. The van der Waals surface area contributed by atoms with Crippen molar-refractivity contribution in [3.63, 3.8) is 0 Å². The van der Waals surface area contributed by atoms with E-state index in [1.165, 1.54) is 17.3 Å². The maximum Gasteiger partial charge on any atom is 0.303 e. The van der Waals surface area contributed by atoms with E-state index in [4.69, 9.17) is 26.8 Å². The van der Waals surface area contributed by atoms with Gasteiger partial charge in [-0.15, -0.1) is 0 Å². The van der Waals surface area contributed by atoms with Gasteiger partial charge < -0.3 is 14.6 Å². The standard InChI is InChI=1S/C26H29NO5S2/c1-3-31-22-15-19(11-12-21(22)32-17-20-9-7-8-18(2)14-20)16-23-25(30)27(26(33)34-23)13-6-4-5-10-24(28)29/h7-9,11-12,14-16H,3-6,10,13,17H2,1-2H3,(H,28,29)/b23-16+. The van der Waals surface area contributed by atoms with E-state index in [2.05, 4.69) is 6.07 Å². The third-order valence-corrected chi connectivity index (χ3v) is 6.57. The Morgan fingerprint density at radius 1 is 1.12 bits per heavy atom. The normalized spacial score (nSPS) is 14.6. The zero-order chi connectivity index (χ0) is 24.5. The topological polar surface area (TPSA) is 76.1 Å². The number of rotatable bonds is 12. The number of carboxylic acids is 1. The van der Waals surface area contributed by atoms with Crippen molar-refractivity contribution in [3.05, 3.63) is 64.1 Å². The molecule has 0 atom stereocenters. The summed E-state index contributed by atoms with van der Waals surface area (Å²) >= 11 is 6.68. The van der Waals surface area contributed by atoms with Crippen LogP contribution in [0.5, 0.6) is 11.5 Å². The maximum atomic E-state index is 12.9. The van der Waals surface area contributed by atoms with Gasteiger partial charge in [0.2, 0.25) is 0 Å². The molecule has 3 rings (SSSR count). The number of thioether (sulfide) groups is 1. The summed E-state index contributed by atoms with van der Waals surface area (Å²) < 4.78 is 12.3. The zero-order valence-electron chi connectivity index (χ0n) is 19.4. The molecule has 0 spiro atoms. The summed E-state index contributed by atoms with van der Waals surface area (Å²) in [6.07, 6.45) is 4.01. The number of unbranched alkanes of at least 4 members (excludes halogenated alkanes) is 2. The fraction of sp³-hybridized carbons (Fsp3) is 0.346. The Morgan fingerprint density at radius 2 is 1.94 bits per heavy atom. The fourth-order valence-corrected chi connectivity index (χ4v) is 4.84. The number of aryl methyl sites for hydroxylation is 1. The first-order valence-electron chi connectivity index (χ1n) is 11.3. The Labute approximate surface area is 209 Å². The highest BCUT2D eigenvalue weighted by Crippen LogP contribution is 2.35. The van der Waals surface area contributed by atoms with Gasteiger partial charge in [-0.25, -0.2) is 0 Å². The van der Waals surface area contributed by atoms with Crippen molar-refractivity contribution >= 4 is 46.3 Å². The van der Waals surface area contributed by atoms with Gasteiger partial charge in [-0.2, -0.15) is 0 Å². The number of carboxylic acid groups (broad SMARTS) is 1. The molecule has 1 aliphatic rings. The molecule has 180 valence electrons. The summed E-state index contributed by atoms with van der Waals surface area (Å²) in [6.45, 7) is 5.39. The smallest absolute Gasteiger partial charge is 0.303 e. The molecule has 1 amide bonds. The number of amides is 1. The number of hydrogen-bond donors (Lipinski definition) is 1. The first-order chi connectivity index (χ1) is 16.4. The number of ether oxygens (including phenoxy) is 2. The number of hydrogen-bond acceptors (Lipinski definition) is 6. The Morgan fingerprint density at radius 3 is 2.68 bits per heavy atom. The number of carbonyl (C=O) groups excluding carboxylic acids is 1. The van der Waals surface area contributed by atoms with Crippen LogP contribution in [0.3, 0.4) is 0 Å². The van der Waals surface area contributed by atoms with Crippen LogP contribution in [0.15, 0.2) is 47.4 Å². The van der Waals surface area contributed by atoms with Crippen molar-refractivity contribution in [1.29, 1.82) is 0 Å². The second-order valence-corrected chi connectivity index (χ2v) is 9.63. The molecule has 0 unspecified atom stereocenters. The van der Waals surface area contributed by atoms with E-state index < -0.39 is 5.97 Å². The molecule has 0 saturated carbocycles. The Bertz CT molecular complexity index is 1080. The van der Waals surface area contributed by atoms with E-state index in [1.54, 1.807) is 4.90 Å². The lowest BCUT2D eigenvalue weighted by Crippen LogP contribution is -2.29. The van der Waals surface area contributed by atoms with Gasteiger partial charge in [-0.3, -0.25) is 14.5 Å². The largest absolute Gasteiger partial charge is 0.490 e. The van der Waals surface area contributed by atoms with Crippen molar-refractivity contribution in [2.45, 2.75) is 46.1 Å². The van der Waals surface area contributed by atoms with Gasteiger partial charge in [0, 0.05) is 13.0 Å². The predicted molar refractivity (Wildman–Crippen MR) is 139 cm³/mol. The highest BCUT2D eigenvalue weighted by molar-refractivity contribution is 8.26. The molecule has 0 aromatic heterocycles. The molecule has 1 fully saturated rings. The summed E-state index contributed by atoms with van der Waals surface area (Å²) in [4.78, 5) is 25.6. The lowest BCUT2D eigenvalue weighted by Gasteiger charge is -2.14. The van der Waals surface area contributed by atoms with E-state index >= 15 is 0 Å². The van der Waals surface area contributed by atoms with Crippen LogP contribution in [0.25, 0.3) is 6.08 Å². The van der Waals surface area contributed by atoms with Crippen LogP contribution in [0, 0.1) is 6.92 Å². The molecule has 0 aliphatic carbocycles. The van der Waals surface area contributed by atoms with E-state index in [-0.39, 0.29) is 12.3 Å². The van der Waals surface area contributed by atoms with E-state index in [0.29, 0.717) is 53.3 Å². The monoisotopic (exact) mass is 499 g/mol. The quantitative estimate of drug-likeness (QED) is 0.224. The first-order valence-corrected chi connectivity index (χ1v) is 12.5. The molecule has 34 heavy (non-hydrogen) atoms. The van der Waals surface area contributed by atoms with Crippen LogP contribution in [0.2, 0.25) is 0 Å². The first kappa shape index (κ1) is 25.8. The number of carbonyl (C=O) groups is 2. The highest BCUT2D eigenvalue weighted by atomic mass is 32.2. The van der Waals surface area contributed by atoms with Crippen molar-refractivity contribution in [3.8, 4) is 11.5 Å². The van der Waals surface area contributed by atoms with Gasteiger partial charge in [0.1, 0.15) is 10.9 Å². The van der Waals surface area contributed by atoms with Crippen LogP contribution in [-0.2, 0) is 16.2 Å². The summed E-state index contributed by atoms with van der Waals surface area (Å²) in [5, 5.41) is 8.73. The lowest BCUT2D eigenvalue weighted by molar-refractivity contribution is -0.137. The SMILES string of the molecule is CCOc1cc(/C=C2/SC(=S)N(CCCCCC(=O)O)C2=O)ccc1OCc1cccc(C)c1. The van der Waals surface area contributed by atoms with Crippen molar-refractivity contribution in [1.82, 2.24) is 4.90 Å². The zero-order valence-corrected chi connectivity index (χ0v) is 21.0. The van der Waals surface area contributed by atoms with Crippen LogP contribution < -0.4 is 9.47 Å². The molecule has 0 bridgehead atoms. The molecule has 6 nitrogen and oxygen atoms in total. The van der Waals surface area contributed by atoms with Gasteiger partial charge in [0.25, 0.3) is 5.91 Å². The Hall–Kier alpha value is -2.84. The Balaban J connectivity index is 1.66. The summed E-state index contributed by atoms with van der Waals surface area (Å²) in [7, 11) is 0. The molecule has 1 N–H and O–H groups in total. The average molecular weight is 500 g/mol.